The average molecular weight is 383 g/mol. The quantitative estimate of drug-likeness (QED) is 0.651. The van der Waals surface area contributed by atoms with Crippen molar-refractivity contribution >= 4 is 17.3 Å². The summed E-state index contributed by atoms with van der Waals surface area (Å²) < 4.78 is 25.7. The van der Waals surface area contributed by atoms with Crippen LogP contribution in [-0.4, -0.2) is 37.4 Å². The summed E-state index contributed by atoms with van der Waals surface area (Å²) in [6.45, 7) is 3.59. The van der Waals surface area contributed by atoms with Gasteiger partial charge in [-0.2, -0.15) is 5.10 Å². The van der Waals surface area contributed by atoms with E-state index in [1.165, 1.54) is 6.07 Å². The highest BCUT2D eigenvalue weighted by molar-refractivity contribution is 5.99. The zero-order valence-corrected chi connectivity index (χ0v) is 15.7. The number of fused-ring (bicyclic) bond motifs is 1. The molecule has 1 amide bonds. The van der Waals surface area contributed by atoms with Crippen LogP contribution in [0.2, 0.25) is 0 Å². The monoisotopic (exact) mass is 383 g/mol. The summed E-state index contributed by atoms with van der Waals surface area (Å²) in [7, 11) is 0. The van der Waals surface area contributed by atoms with Crippen LogP contribution in [0.1, 0.15) is 25.3 Å². The maximum atomic E-state index is 14.5. The van der Waals surface area contributed by atoms with Gasteiger partial charge in [-0.3, -0.25) is 4.79 Å². The number of halogens is 1. The molecule has 146 valence electrons. The highest BCUT2D eigenvalue weighted by Crippen LogP contribution is 2.31. The molecule has 0 radical (unpaired) electrons. The number of hydrazone groups is 1. The highest BCUT2D eigenvalue weighted by Gasteiger charge is 2.27. The van der Waals surface area contributed by atoms with Crippen LogP contribution in [0.4, 0.5) is 10.1 Å². The largest absolute Gasteiger partial charge is 0.485 e. The normalized spacial score (nSPS) is 18.9. The molecule has 1 atom stereocenters. The van der Waals surface area contributed by atoms with Gasteiger partial charge in [-0.25, -0.2) is 9.82 Å². The van der Waals surface area contributed by atoms with Gasteiger partial charge in [-0.05, 0) is 44.0 Å². The molecule has 0 aromatic heterocycles. The second-order valence-corrected chi connectivity index (χ2v) is 6.90. The van der Waals surface area contributed by atoms with Crippen LogP contribution in [-0.2, 0) is 4.79 Å². The molecule has 28 heavy (non-hydrogen) atoms. The molecule has 0 unspecified atom stereocenters. The number of benzene rings is 2. The summed E-state index contributed by atoms with van der Waals surface area (Å²) in [6, 6.07) is 12.2. The Morgan fingerprint density at radius 1 is 1.18 bits per heavy atom. The SMILES string of the molecule is C/C(=N/NC(=O)[C@@H]1COc2ccccc2O1)c1ccc(N2CCCC2)c(F)c1. The van der Waals surface area contributed by atoms with Crippen molar-refractivity contribution < 1.29 is 18.7 Å². The Hall–Kier alpha value is -3.09. The highest BCUT2D eigenvalue weighted by atomic mass is 19.1. The predicted molar refractivity (Wildman–Crippen MR) is 105 cm³/mol. The van der Waals surface area contributed by atoms with Crippen molar-refractivity contribution in [2.45, 2.75) is 25.9 Å². The predicted octanol–water partition coefficient (Wildman–Crippen LogP) is 3.11. The number of hydrogen-bond acceptors (Lipinski definition) is 5. The number of nitrogens with one attached hydrogen (secondary N) is 1. The first-order valence-electron chi connectivity index (χ1n) is 9.39. The smallest absolute Gasteiger partial charge is 0.284 e. The maximum absolute atomic E-state index is 14.5. The molecule has 1 N–H and O–H groups in total. The van der Waals surface area contributed by atoms with E-state index in [9.17, 15) is 9.18 Å². The molecule has 1 fully saturated rings. The number of amides is 1. The van der Waals surface area contributed by atoms with Crippen LogP contribution in [0.3, 0.4) is 0 Å². The van der Waals surface area contributed by atoms with E-state index in [1.807, 2.05) is 23.1 Å². The Morgan fingerprint density at radius 3 is 2.68 bits per heavy atom. The number of hydrogen-bond donors (Lipinski definition) is 1. The topological polar surface area (TPSA) is 63.2 Å². The van der Waals surface area contributed by atoms with Gasteiger partial charge < -0.3 is 14.4 Å². The van der Waals surface area contributed by atoms with Crippen LogP contribution in [0, 0.1) is 5.82 Å². The van der Waals surface area contributed by atoms with E-state index in [4.69, 9.17) is 9.47 Å². The van der Waals surface area contributed by atoms with Gasteiger partial charge in [-0.15, -0.1) is 0 Å². The number of nitrogens with zero attached hydrogens (tertiary/aromatic N) is 2. The lowest BCUT2D eigenvalue weighted by Gasteiger charge is -2.24. The van der Waals surface area contributed by atoms with Gasteiger partial charge in [-0.1, -0.05) is 18.2 Å². The molecule has 2 aliphatic heterocycles. The van der Waals surface area contributed by atoms with E-state index >= 15 is 0 Å². The summed E-state index contributed by atoms with van der Waals surface area (Å²) in [5, 5.41) is 4.10. The van der Waals surface area contributed by atoms with Crippen molar-refractivity contribution in [3.05, 3.63) is 53.8 Å². The lowest BCUT2D eigenvalue weighted by Crippen LogP contribution is -2.42. The van der Waals surface area contributed by atoms with Gasteiger partial charge in [0.1, 0.15) is 12.4 Å². The fourth-order valence-electron chi connectivity index (χ4n) is 3.37. The second-order valence-electron chi connectivity index (χ2n) is 6.90. The average Bonchev–Trinajstić information content (AvgIpc) is 3.25. The Kier molecular flexibility index (Phi) is 5.14. The summed E-state index contributed by atoms with van der Waals surface area (Å²) >= 11 is 0. The van der Waals surface area contributed by atoms with E-state index in [0.29, 0.717) is 28.5 Å². The van der Waals surface area contributed by atoms with Crippen molar-refractivity contribution in [2.24, 2.45) is 5.10 Å². The van der Waals surface area contributed by atoms with Crippen molar-refractivity contribution in [1.29, 1.82) is 0 Å². The van der Waals surface area contributed by atoms with Crippen LogP contribution in [0.15, 0.2) is 47.6 Å². The minimum Gasteiger partial charge on any atom is -0.485 e. The Bertz CT molecular complexity index is 910. The molecule has 7 heteroatoms. The van der Waals surface area contributed by atoms with E-state index in [2.05, 4.69) is 10.5 Å². The maximum Gasteiger partial charge on any atom is 0.284 e. The first-order valence-corrected chi connectivity index (χ1v) is 9.39. The Morgan fingerprint density at radius 2 is 1.93 bits per heavy atom. The molecule has 0 bridgehead atoms. The molecule has 0 saturated carbocycles. The lowest BCUT2D eigenvalue weighted by atomic mass is 10.1. The Balaban J connectivity index is 1.40. The zero-order valence-electron chi connectivity index (χ0n) is 15.7. The van der Waals surface area contributed by atoms with Gasteiger partial charge in [0.25, 0.3) is 5.91 Å². The molecule has 0 aliphatic carbocycles. The van der Waals surface area contributed by atoms with E-state index in [-0.39, 0.29) is 12.4 Å². The zero-order chi connectivity index (χ0) is 19.5. The molecule has 6 nitrogen and oxygen atoms in total. The molecule has 2 heterocycles. The molecule has 2 aromatic carbocycles. The van der Waals surface area contributed by atoms with Gasteiger partial charge in [0.05, 0.1) is 11.4 Å². The second kappa shape index (κ2) is 7.88. The molecule has 0 spiro atoms. The van der Waals surface area contributed by atoms with Crippen LogP contribution in [0.25, 0.3) is 0 Å². The van der Waals surface area contributed by atoms with Gasteiger partial charge in [0, 0.05) is 18.7 Å². The van der Waals surface area contributed by atoms with Crippen LogP contribution >= 0.6 is 0 Å². The van der Waals surface area contributed by atoms with Crippen molar-refractivity contribution in [2.75, 3.05) is 24.6 Å². The number of para-hydroxylation sites is 2. The number of rotatable bonds is 4. The number of ether oxygens (including phenoxy) is 2. The van der Waals surface area contributed by atoms with E-state index < -0.39 is 12.0 Å². The molecule has 2 aromatic rings. The molecule has 4 rings (SSSR count). The summed E-state index contributed by atoms with van der Waals surface area (Å²) in [5.41, 5.74) is 4.23. The van der Waals surface area contributed by atoms with Gasteiger partial charge >= 0.3 is 0 Å². The molecular weight excluding hydrogens is 361 g/mol. The van der Waals surface area contributed by atoms with E-state index in [1.54, 1.807) is 25.1 Å². The van der Waals surface area contributed by atoms with Crippen molar-refractivity contribution in [3.63, 3.8) is 0 Å². The number of carbonyl (C=O) groups is 1. The fourth-order valence-corrected chi connectivity index (χ4v) is 3.37. The summed E-state index contributed by atoms with van der Waals surface area (Å²) in [5.74, 6) is 0.442. The van der Waals surface area contributed by atoms with Crippen LogP contribution < -0.4 is 19.8 Å². The summed E-state index contributed by atoms with van der Waals surface area (Å²) in [4.78, 5) is 14.4. The Labute approximate surface area is 162 Å². The fraction of sp³-hybridized carbons (Fsp3) is 0.333. The van der Waals surface area contributed by atoms with Crippen molar-refractivity contribution in [1.82, 2.24) is 5.43 Å². The lowest BCUT2D eigenvalue weighted by molar-refractivity contribution is -0.130. The summed E-state index contributed by atoms with van der Waals surface area (Å²) in [6.07, 6.45) is 1.39. The minimum absolute atomic E-state index is 0.108. The third-order valence-electron chi connectivity index (χ3n) is 4.95. The molecular formula is C21H22FN3O3. The first-order chi connectivity index (χ1) is 13.6. The van der Waals surface area contributed by atoms with E-state index in [0.717, 1.165) is 25.9 Å². The minimum atomic E-state index is -0.791. The number of carbonyl (C=O) groups excluding carboxylic acids is 1. The standard InChI is InChI=1S/C21H22FN3O3/c1-14(15-8-9-17(16(22)12-15)25-10-4-5-11-25)23-24-21(26)20-13-27-18-6-2-3-7-19(18)28-20/h2-3,6-9,12,20H,4-5,10-11,13H2,1H3,(H,24,26)/b23-14-/t20-/m0/s1. The number of anilines is 1. The van der Waals surface area contributed by atoms with Crippen LogP contribution in [0.5, 0.6) is 11.5 Å². The molecule has 1 saturated heterocycles. The van der Waals surface area contributed by atoms with Gasteiger partial charge in [0.2, 0.25) is 6.10 Å². The van der Waals surface area contributed by atoms with Gasteiger partial charge in [0.15, 0.2) is 11.5 Å². The molecule has 2 aliphatic rings. The third kappa shape index (κ3) is 3.78. The first kappa shape index (κ1) is 18.3. The third-order valence-corrected chi connectivity index (χ3v) is 4.95. The van der Waals surface area contributed by atoms with Crippen molar-refractivity contribution in [3.8, 4) is 11.5 Å².